The molecule has 2 N–H and O–H groups in total. The first-order valence-corrected chi connectivity index (χ1v) is 11.0. The van der Waals surface area contributed by atoms with Gasteiger partial charge in [-0.25, -0.2) is 9.36 Å². The lowest BCUT2D eigenvalue weighted by molar-refractivity contribution is -0.376. The number of carbonyl (C=O) groups is 2. The number of carbonyl (C=O) groups excluding carboxylic acids is 2. The van der Waals surface area contributed by atoms with Crippen LogP contribution in [0.4, 0.5) is 36.8 Å². The molecule has 36 heavy (non-hydrogen) atoms. The Balaban J connectivity index is 2.00. The van der Waals surface area contributed by atoms with Gasteiger partial charge in [0.1, 0.15) is 11.3 Å². The standard InChI is InChI=1S/C23H19BrF6N2O4/c1-20(2,3)36-19(34)32-11-12-10-14(24)6-9-16(12)17(32)18(33)31-15-7-4-13(5-8-15)21(35,22(25,26)27)23(28,29)30/h4-11,35H,1-3H3,(H,31,33). The molecule has 0 radical (unpaired) electrons. The zero-order chi connectivity index (χ0) is 27.3. The van der Waals surface area contributed by atoms with E-state index in [1.165, 1.54) is 6.20 Å². The van der Waals surface area contributed by atoms with E-state index in [-0.39, 0.29) is 11.4 Å². The Morgan fingerprint density at radius 3 is 2.00 bits per heavy atom. The highest BCUT2D eigenvalue weighted by Gasteiger charge is 2.71. The lowest BCUT2D eigenvalue weighted by atomic mass is 9.92. The normalized spacial score (nSPS) is 13.1. The molecule has 2 aromatic carbocycles. The number of hydrogen-bond donors (Lipinski definition) is 2. The highest BCUT2D eigenvalue weighted by Crippen LogP contribution is 2.50. The Hall–Kier alpha value is -3.06. The molecule has 0 fully saturated rings. The van der Waals surface area contributed by atoms with Gasteiger partial charge in [0.2, 0.25) is 0 Å². The van der Waals surface area contributed by atoms with E-state index in [2.05, 4.69) is 21.2 Å². The van der Waals surface area contributed by atoms with Gasteiger partial charge in [0.05, 0.1) is 0 Å². The van der Waals surface area contributed by atoms with Gasteiger partial charge in [-0.2, -0.15) is 26.3 Å². The number of nitrogens with zero attached hydrogens (tertiary/aromatic N) is 1. The summed E-state index contributed by atoms with van der Waals surface area (Å²) in [6.07, 6.45) is -11.6. The van der Waals surface area contributed by atoms with Gasteiger partial charge in [0, 0.05) is 32.7 Å². The third-order valence-corrected chi connectivity index (χ3v) is 5.46. The van der Waals surface area contributed by atoms with Crippen LogP contribution in [0.2, 0.25) is 0 Å². The van der Waals surface area contributed by atoms with Crippen molar-refractivity contribution in [2.24, 2.45) is 0 Å². The monoisotopic (exact) mass is 580 g/mol. The second-order valence-electron chi connectivity index (χ2n) is 8.80. The van der Waals surface area contributed by atoms with Crippen LogP contribution >= 0.6 is 15.9 Å². The third-order valence-electron chi connectivity index (χ3n) is 4.96. The number of nitrogens with one attached hydrogen (secondary N) is 1. The van der Waals surface area contributed by atoms with Crippen molar-refractivity contribution in [2.75, 3.05) is 5.32 Å². The van der Waals surface area contributed by atoms with E-state index in [9.17, 15) is 41.0 Å². The number of hydrogen-bond acceptors (Lipinski definition) is 4. The molecule has 0 aliphatic rings. The third kappa shape index (κ3) is 5.21. The highest BCUT2D eigenvalue weighted by molar-refractivity contribution is 9.10. The number of ether oxygens (including phenoxy) is 1. The number of fused-ring (bicyclic) bond motifs is 1. The molecule has 0 saturated carbocycles. The first-order chi connectivity index (χ1) is 16.3. The zero-order valence-corrected chi connectivity index (χ0v) is 20.5. The molecule has 0 aliphatic carbocycles. The molecule has 194 valence electrons. The number of amides is 1. The molecule has 3 aromatic rings. The van der Waals surface area contributed by atoms with Crippen LogP contribution in [-0.4, -0.2) is 39.6 Å². The average molecular weight is 581 g/mol. The molecule has 0 spiro atoms. The maximum absolute atomic E-state index is 13.1. The lowest BCUT2D eigenvalue weighted by Crippen LogP contribution is -2.53. The quantitative estimate of drug-likeness (QED) is 0.336. The molecule has 0 saturated heterocycles. The minimum atomic E-state index is -6.04. The molecule has 3 rings (SSSR count). The van der Waals surface area contributed by atoms with Gasteiger partial charge >= 0.3 is 18.4 Å². The van der Waals surface area contributed by atoms with Gasteiger partial charge in [-0.05, 0) is 45.0 Å². The number of aromatic nitrogens is 1. The van der Waals surface area contributed by atoms with E-state index in [4.69, 9.17) is 4.74 Å². The number of benzene rings is 2. The molecular weight excluding hydrogens is 562 g/mol. The first-order valence-electron chi connectivity index (χ1n) is 10.2. The summed E-state index contributed by atoms with van der Waals surface area (Å²) < 4.78 is 85.6. The fourth-order valence-electron chi connectivity index (χ4n) is 3.35. The van der Waals surface area contributed by atoms with Crippen molar-refractivity contribution in [1.29, 1.82) is 0 Å². The minimum absolute atomic E-state index is 0.169. The predicted molar refractivity (Wildman–Crippen MR) is 122 cm³/mol. The van der Waals surface area contributed by atoms with Gasteiger partial charge < -0.3 is 15.2 Å². The van der Waals surface area contributed by atoms with Crippen LogP contribution in [0.1, 0.15) is 36.8 Å². The molecule has 0 atom stereocenters. The Morgan fingerprint density at radius 1 is 0.944 bits per heavy atom. The Morgan fingerprint density at radius 2 is 1.50 bits per heavy atom. The summed E-state index contributed by atoms with van der Waals surface area (Å²) in [5, 5.41) is 12.7. The summed E-state index contributed by atoms with van der Waals surface area (Å²) in [4.78, 5) is 25.8. The van der Waals surface area contributed by atoms with Crippen molar-refractivity contribution < 1.29 is 45.8 Å². The number of anilines is 1. The lowest BCUT2D eigenvalue weighted by Gasteiger charge is -2.32. The molecule has 13 heteroatoms. The van der Waals surface area contributed by atoms with Crippen LogP contribution in [-0.2, 0) is 10.3 Å². The Kier molecular flexibility index (Phi) is 6.96. The molecule has 6 nitrogen and oxygen atoms in total. The van der Waals surface area contributed by atoms with E-state index < -0.39 is 41.1 Å². The zero-order valence-electron chi connectivity index (χ0n) is 18.9. The summed E-state index contributed by atoms with van der Waals surface area (Å²) in [5.41, 5.74) is -7.83. The average Bonchev–Trinajstić information content (AvgIpc) is 3.09. The molecular formula is C23H19BrF6N2O4. The van der Waals surface area contributed by atoms with Gasteiger partial charge in [-0.3, -0.25) is 4.79 Å². The fraction of sp³-hybridized carbons (Fsp3) is 0.304. The SMILES string of the molecule is CC(C)(C)OC(=O)n1cc2cc(Br)ccc2c1C(=O)Nc1ccc(C(O)(C(F)(F)F)C(F)(F)F)cc1. The topological polar surface area (TPSA) is 80.6 Å². The summed E-state index contributed by atoms with van der Waals surface area (Å²) in [6, 6.07) is 7.15. The van der Waals surface area contributed by atoms with E-state index in [0.717, 1.165) is 16.7 Å². The summed E-state index contributed by atoms with van der Waals surface area (Å²) in [7, 11) is 0. The number of halogens is 7. The molecule has 1 aromatic heterocycles. The van der Waals surface area contributed by atoms with E-state index in [0.29, 0.717) is 27.4 Å². The van der Waals surface area contributed by atoms with Gasteiger partial charge in [-0.15, -0.1) is 0 Å². The van der Waals surface area contributed by atoms with Gasteiger partial charge in [0.15, 0.2) is 0 Å². The van der Waals surface area contributed by atoms with E-state index >= 15 is 0 Å². The van der Waals surface area contributed by atoms with Gasteiger partial charge in [0.25, 0.3) is 11.5 Å². The second kappa shape index (κ2) is 9.11. The van der Waals surface area contributed by atoms with Crippen LogP contribution in [0.5, 0.6) is 0 Å². The molecule has 1 heterocycles. The summed E-state index contributed by atoms with van der Waals surface area (Å²) in [6.45, 7) is 4.86. The van der Waals surface area contributed by atoms with E-state index in [1.54, 1.807) is 39.0 Å². The number of rotatable bonds is 3. The summed E-state index contributed by atoms with van der Waals surface area (Å²) >= 11 is 3.29. The Labute approximate surface area is 209 Å². The maximum Gasteiger partial charge on any atom is 0.430 e. The van der Waals surface area contributed by atoms with E-state index in [1.807, 2.05) is 0 Å². The van der Waals surface area contributed by atoms with Crippen molar-refractivity contribution >= 4 is 44.4 Å². The van der Waals surface area contributed by atoms with Crippen LogP contribution in [0.25, 0.3) is 10.8 Å². The van der Waals surface area contributed by atoms with Crippen LogP contribution in [0, 0.1) is 0 Å². The fourth-order valence-corrected chi connectivity index (χ4v) is 3.73. The minimum Gasteiger partial charge on any atom is -0.443 e. The molecule has 0 aliphatic heterocycles. The highest BCUT2D eigenvalue weighted by atomic mass is 79.9. The van der Waals surface area contributed by atoms with Crippen molar-refractivity contribution in [3.8, 4) is 0 Å². The van der Waals surface area contributed by atoms with Crippen LogP contribution < -0.4 is 5.32 Å². The largest absolute Gasteiger partial charge is 0.443 e. The molecule has 0 unspecified atom stereocenters. The Bertz CT molecular complexity index is 1290. The van der Waals surface area contributed by atoms with Crippen molar-refractivity contribution in [1.82, 2.24) is 4.57 Å². The molecule has 1 amide bonds. The number of aliphatic hydroxyl groups is 1. The van der Waals surface area contributed by atoms with Crippen molar-refractivity contribution in [3.05, 3.63) is 64.4 Å². The first kappa shape index (κ1) is 27.5. The maximum atomic E-state index is 13.1. The van der Waals surface area contributed by atoms with Crippen molar-refractivity contribution in [2.45, 2.75) is 44.3 Å². The molecule has 0 bridgehead atoms. The number of alkyl halides is 6. The van der Waals surface area contributed by atoms with Crippen LogP contribution in [0.15, 0.2) is 53.1 Å². The van der Waals surface area contributed by atoms with Crippen LogP contribution in [0.3, 0.4) is 0 Å². The smallest absolute Gasteiger partial charge is 0.430 e. The second-order valence-corrected chi connectivity index (χ2v) is 9.71. The summed E-state index contributed by atoms with van der Waals surface area (Å²) in [5.74, 6) is -0.882. The predicted octanol–water partition coefficient (Wildman–Crippen LogP) is 6.75. The van der Waals surface area contributed by atoms with Crippen molar-refractivity contribution in [3.63, 3.8) is 0 Å². The van der Waals surface area contributed by atoms with Gasteiger partial charge in [-0.1, -0.05) is 34.1 Å².